The highest BCUT2D eigenvalue weighted by Gasteiger charge is 2.28. The molecule has 4 N–H and O–H groups in total. The highest BCUT2D eigenvalue weighted by Crippen LogP contribution is 2.39. The van der Waals surface area contributed by atoms with Crippen molar-refractivity contribution in [3.8, 4) is 0 Å². The molecule has 0 saturated carbocycles. The lowest BCUT2D eigenvalue weighted by atomic mass is 9.90. The van der Waals surface area contributed by atoms with E-state index in [0.29, 0.717) is 5.92 Å². The molecule has 0 aromatic carbocycles. The van der Waals surface area contributed by atoms with E-state index in [1.165, 1.54) is 16.2 Å². The van der Waals surface area contributed by atoms with E-state index in [1.54, 1.807) is 11.3 Å². The Hall–Kier alpha value is -1.93. The number of aryl methyl sites for hydroxylation is 1. The average molecular weight is 322 g/mol. The summed E-state index contributed by atoms with van der Waals surface area (Å²) in [7, 11) is 0. The van der Waals surface area contributed by atoms with Gasteiger partial charge >= 0.3 is 6.09 Å². The molecule has 8 heteroatoms. The molecule has 3 rings (SSSR count). The zero-order valence-corrected chi connectivity index (χ0v) is 12.7. The van der Waals surface area contributed by atoms with Gasteiger partial charge in [-0.25, -0.2) is 9.78 Å². The van der Waals surface area contributed by atoms with Crippen LogP contribution in [0, 0.1) is 5.41 Å². The predicted octanol–water partition coefficient (Wildman–Crippen LogP) is 2.85. The molecule has 0 aliphatic heterocycles. The van der Waals surface area contributed by atoms with Gasteiger partial charge in [0.2, 0.25) is 11.1 Å². The highest BCUT2D eigenvalue weighted by atomic mass is 32.1. The highest BCUT2D eigenvalue weighted by molar-refractivity contribution is 7.16. The third-order valence-electron chi connectivity index (χ3n) is 3.50. The maximum Gasteiger partial charge on any atom is 0.420 e. The summed E-state index contributed by atoms with van der Waals surface area (Å²) in [5.41, 5.74) is 6.27. The van der Waals surface area contributed by atoms with E-state index in [2.05, 4.69) is 22.5 Å². The molecule has 2 aromatic heterocycles. The number of hydrogen-bond acceptors (Lipinski definition) is 5. The molecule has 1 aliphatic carbocycles. The molecule has 21 heavy (non-hydrogen) atoms. The fourth-order valence-corrected chi connectivity index (χ4v) is 4.57. The minimum atomic E-state index is -1.27. The van der Waals surface area contributed by atoms with Crippen molar-refractivity contribution in [2.75, 3.05) is 4.90 Å². The number of thiophene rings is 1. The molecule has 1 aliphatic rings. The second kappa shape index (κ2) is 5.45. The van der Waals surface area contributed by atoms with Crippen molar-refractivity contribution in [3.05, 3.63) is 33.0 Å². The minimum Gasteiger partial charge on any atom is -0.464 e. The number of hydrogen-bond donors (Lipinski definition) is 3. The molecular formula is C13H14N4O2S2. The van der Waals surface area contributed by atoms with Gasteiger partial charge in [0.25, 0.3) is 0 Å². The van der Waals surface area contributed by atoms with Crippen LogP contribution in [-0.2, 0) is 12.8 Å². The van der Waals surface area contributed by atoms with Gasteiger partial charge in [-0.05, 0) is 36.6 Å². The second-order valence-electron chi connectivity index (χ2n) is 4.82. The third-order valence-corrected chi connectivity index (χ3v) is 5.64. The quantitative estimate of drug-likeness (QED) is 0.584. The van der Waals surface area contributed by atoms with Crippen LogP contribution in [0.15, 0.2) is 17.5 Å². The molecule has 1 atom stereocenters. The van der Waals surface area contributed by atoms with Gasteiger partial charge in [-0.1, -0.05) is 6.07 Å². The van der Waals surface area contributed by atoms with Crippen molar-refractivity contribution < 1.29 is 9.90 Å². The van der Waals surface area contributed by atoms with Crippen LogP contribution in [0.5, 0.6) is 0 Å². The third kappa shape index (κ3) is 2.64. The Labute approximate surface area is 129 Å². The number of carboxylic acid groups (broad SMARTS) is 1. The molecule has 0 radical (unpaired) electrons. The minimum absolute atomic E-state index is 0.270. The largest absolute Gasteiger partial charge is 0.464 e. The van der Waals surface area contributed by atoms with Crippen molar-refractivity contribution >= 4 is 39.9 Å². The maximum absolute atomic E-state index is 11.2. The lowest BCUT2D eigenvalue weighted by Gasteiger charge is -2.19. The van der Waals surface area contributed by atoms with E-state index in [0.717, 1.165) is 34.7 Å². The van der Waals surface area contributed by atoms with Gasteiger partial charge in [0, 0.05) is 9.75 Å². The van der Waals surface area contributed by atoms with Gasteiger partial charge in [-0.2, -0.15) is 4.90 Å². The number of anilines is 1. The molecule has 0 bridgehead atoms. The van der Waals surface area contributed by atoms with E-state index >= 15 is 0 Å². The fraction of sp³-hybridized carbons (Fsp3) is 0.308. The van der Waals surface area contributed by atoms with Gasteiger partial charge in [0.1, 0.15) is 0 Å². The lowest BCUT2D eigenvalue weighted by molar-refractivity contribution is 0.205. The zero-order chi connectivity index (χ0) is 15.0. The number of nitrogens with two attached hydrogens (primary N) is 1. The van der Waals surface area contributed by atoms with Gasteiger partial charge in [-0.15, -0.1) is 22.7 Å². The van der Waals surface area contributed by atoms with E-state index < -0.39 is 12.1 Å². The van der Waals surface area contributed by atoms with Crippen LogP contribution < -0.4 is 10.6 Å². The summed E-state index contributed by atoms with van der Waals surface area (Å²) >= 11 is 3.07. The molecule has 0 spiro atoms. The first-order chi connectivity index (χ1) is 10.1. The van der Waals surface area contributed by atoms with E-state index in [4.69, 9.17) is 16.2 Å². The molecule has 110 valence electrons. The van der Waals surface area contributed by atoms with Crippen molar-refractivity contribution in [2.24, 2.45) is 5.73 Å². The molecule has 1 unspecified atom stereocenters. The Kier molecular flexibility index (Phi) is 3.64. The van der Waals surface area contributed by atoms with E-state index in [-0.39, 0.29) is 5.13 Å². The summed E-state index contributed by atoms with van der Waals surface area (Å²) in [4.78, 5) is 18.7. The number of aromatic nitrogens is 1. The monoisotopic (exact) mass is 322 g/mol. The number of nitrogens with zero attached hydrogens (tertiary/aromatic N) is 2. The van der Waals surface area contributed by atoms with Crippen LogP contribution in [0.1, 0.15) is 27.8 Å². The van der Waals surface area contributed by atoms with Crippen LogP contribution in [0.2, 0.25) is 0 Å². The van der Waals surface area contributed by atoms with Crippen molar-refractivity contribution in [1.82, 2.24) is 4.98 Å². The van der Waals surface area contributed by atoms with Gasteiger partial charge in [-0.3, -0.25) is 5.41 Å². The van der Waals surface area contributed by atoms with Gasteiger partial charge < -0.3 is 10.8 Å². The number of fused-ring (bicyclic) bond motifs is 1. The predicted molar refractivity (Wildman–Crippen MR) is 83.6 cm³/mol. The van der Waals surface area contributed by atoms with Crippen LogP contribution >= 0.6 is 22.7 Å². The number of carbonyl (C=O) groups is 1. The standard InChI is InChI=1S/C13H14N4O2S2/c14-11(15)17(13(18)19)12-16-8-4-3-7(6-10(8)21-12)9-2-1-5-20-9/h1-2,5,7H,3-4,6H2,(H3,14,15)(H,18,19). The summed E-state index contributed by atoms with van der Waals surface area (Å²) in [5, 5.41) is 18.9. The van der Waals surface area contributed by atoms with Crippen LogP contribution in [0.4, 0.5) is 9.93 Å². The molecule has 0 saturated heterocycles. The molecule has 2 aromatic rings. The smallest absolute Gasteiger partial charge is 0.420 e. The fourth-order valence-electron chi connectivity index (χ4n) is 2.51. The van der Waals surface area contributed by atoms with Crippen LogP contribution in [0.3, 0.4) is 0 Å². The molecule has 1 amide bonds. The Balaban J connectivity index is 1.87. The van der Waals surface area contributed by atoms with E-state index in [9.17, 15) is 4.79 Å². The summed E-state index contributed by atoms with van der Waals surface area (Å²) in [5.74, 6) is -0.0511. The summed E-state index contributed by atoms with van der Waals surface area (Å²) in [6, 6.07) is 4.19. The first-order valence-electron chi connectivity index (χ1n) is 6.45. The first-order valence-corrected chi connectivity index (χ1v) is 8.15. The summed E-state index contributed by atoms with van der Waals surface area (Å²) < 4.78 is 0. The van der Waals surface area contributed by atoms with E-state index in [1.807, 2.05) is 0 Å². The SMILES string of the molecule is N=C(N)N(C(=O)O)c1nc2c(s1)CC(c1cccs1)CC2. The van der Waals surface area contributed by atoms with Gasteiger partial charge in [0.15, 0.2) is 0 Å². The molecule has 2 heterocycles. The molecule has 0 fully saturated rings. The number of guanidine groups is 1. The van der Waals surface area contributed by atoms with Crippen LogP contribution in [-0.4, -0.2) is 22.1 Å². The molecular weight excluding hydrogens is 308 g/mol. The first kappa shape index (κ1) is 14.0. The Bertz CT molecular complexity index is 666. The maximum atomic E-state index is 11.2. The zero-order valence-electron chi connectivity index (χ0n) is 11.1. The number of rotatable bonds is 2. The Morgan fingerprint density at radius 2 is 2.38 bits per heavy atom. The molecule has 6 nitrogen and oxygen atoms in total. The number of amides is 1. The Morgan fingerprint density at radius 1 is 1.57 bits per heavy atom. The average Bonchev–Trinajstić information content (AvgIpc) is 3.05. The second-order valence-corrected chi connectivity index (χ2v) is 6.87. The normalized spacial score (nSPS) is 17.2. The van der Waals surface area contributed by atoms with Crippen molar-refractivity contribution in [2.45, 2.75) is 25.2 Å². The summed E-state index contributed by atoms with van der Waals surface area (Å²) in [6.07, 6.45) is 1.45. The number of thiazole rings is 1. The number of nitrogens with one attached hydrogen (secondary N) is 1. The summed E-state index contributed by atoms with van der Waals surface area (Å²) in [6.45, 7) is 0. The van der Waals surface area contributed by atoms with Crippen LogP contribution in [0.25, 0.3) is 0 Å². The van der Waals surface area contributed by atoms with Crippen molar-refractivity contribution in [1.29, 1.82) is 5.41 Å². The van der Waals surface area contributed by atoms with Gasteiger partial charge in [0.05, 0.1) is 5.69 Å². The topological polar surface area (TPSA) is 103 Å². The Morgan fingerprint density at radius 3 is 3.00 bits per heavy atom. The lowest BCUT2D eigenvalue weighted by Crippen LogP contribution is -2.40. The van der Waals surface area contributed by atoms with Crippen molar-refractivity contribution in [3.63, 3.8) is 0 Å².